The van der Waals surface area contributed by atoms with Crippen LogP contribution in [-0.2, 0) is 10.0 Å². The molecular formula is C22H20N2O4S. The third kappa shape index (κ3) is 5.46. The second kappa shape index (κ2) is 9.07. The van der Waals surface area contributed by atoms with Gasteiger partial charge in [-0.2, -0.15) is 0 Å². The third-order valence-electron chi connectivity index (χ3n) is 3.91. The molecule has 7 heteroatoms. The molecule has 0 heterocycles. The molecule has 0 bridgehead atoms. The molecule has 0 unspecified atom stereocenters. The van der Waals surface area contributed by atoms with E-state index in [2.05, 4.69) is 16.6 Å². The number of nitrogens with one attached hydrogen (secondary N) is 2. The van der Waals surface area contributed by atoms with Gasteiger partial charge in [0.25, 0.3) is 15.9 Å². The minimum absolute atomic E-state index is 0.0673. The number of sulfonamides is 1. The fourth-order valence-corrected chi connectivity index (χ4v) is 3.59. The molecule has 3 aromatic carbocycles. The highest BCUT2D eigenvalue weighted by Crippen LogP contribution is 2.20. The zero-order chi connectivity index (χ0) is 20.7. The number of benzene rings is 3. The Bertz CT molecular complexity index is 1100. The number of rotatable bonds is 8. The molecule has 0 radical (unpaired) electrons. The quantitative estimate of drug-likeness (QED) is 0.544. The first-order valence-corrected chi connectivity index (χ1v) is 10.3. The minimum Gasteiger partial charge on any atom is -0.489 e. The van der Waals surface area contributed by atoms with Gasteiger partial charge in [0, 0.05) is 23.0 Å². The van der Waals surface area contributed by atoms with E-state index < -0.39 is 10.0 Å². The molecule has 148 valence electrons. The van der Waals surface area contributed by atoms with E-state index in [0.717, 1.165) is 0 Å². The molecule has 0 spiro atoms. The Morgan fingerprint density at radius 2 is 1.62 bits per heavy atom. The van der Waals surface area contributed by atoms with Crippen LogP contribution in [0.2, 0.25) is 0 Å². The Hall–Kier alpha value is -3.58. The molecule has 0 saturated heterocycles. The van der Waals surface area contributed by atoms with Gasteiger partial charge in [-0.05, 0) is 48.5 Å². The van der Waals surface area contributed by atoms with E-state index >= 15 is 0 Å². The smallest absolute Gasteiger partial charge is 0.261 e. The van der Waals surface area contributed by atoms with Crippen molar-refractivity contribution >= 4 is 27.3 Å². The number of para-hydroxylation sites is 1. The highest BCUT2D eigenvalue weighted by atomic mass is 32.2. The van der Waals surface area contributed by atoms with Gasteiger partial charge < -0.3 is 10.1 Å². The summed E-state index contributed by atoms with van der Waals surface area (Å²) < 4.78 is 32.9. The third-order valence-corrected chi connectivity index (χ3v) is 5.31. The Morgan fingerprint density at radius 3 is 2.31 bits per heavy atom. The van der Waals surface area contributed by atoms with Crippen molar-refractivity contribution in [3.63, 3.8) is 0 Å². The highest BCUT2D eigenvalue weighted by Gasteiger charge is 2.15. The molecule has 0 atom stereocenters. The summed E-state index contributed by atoms with van der Waals surface area (Å²) in [6, 6.07) is 21.3. The molecule has 2 N–H and O–H groups in total. The standard InChI is InChI=1S/C22H20N2O4S/c1-2-15-28-20-10-6-9-19(16-20)23-22(25)17-11-13-21(14-12-17)29(26,27)24-18-7-4-3-5-8-18/h2-14,16,24H,1,15H2,(H,23,25). The minimum atomic E-state index is -3.74. The monoisotopic (exact) mass is 408 g/mol. The Kier molecular flexibility index (Phi) is 6.31. The molecule has 0 aromatic heterocycles. The number of ether oxygens (including phenoxy) is 1. The van der Waals surface area contributed by atoms with Gasteiger partial charge in [-0.15, -0.1) is 0 Å². The number of hydrogen-bond donors (Lipinski definition) is 2. The van der Waals surface area contributed by atoms with E-state index in [4.69, 9.17) is 4.74 Å². The molecule has 0 fully saturated rings. The Balaban J connectivity index is 1.69. The molecule has 0 aliphatic carbocycles. The topological polar surface area (TPSA) is 84.5 Å². The molecule has 6 nitrogen and oxygen atoms in total. The summed E-state index contributed by atoms with van der Waals surface area (Å²) in [5.74, 6) is 0.252. The molecular weight excluding hydrogens is 388 g/mol. The van der Waals surface area contributed by atoms with Crippen LogP contribution in [0.3, 0.4) is 0 Å². The van der Waals surface area contributed by atoms with Crippen LogP contribution < -0.4 is 14.8 Å². The zero-order valence-corrected chi connectivity index (χ0v) is 16.4. The molecule has 3 rings (SSSR count). The lowest BCUT2D eigenvalue weighted by Crippen LogP contribution is -2.14. The summed E-state index contributed by atoms with van der Waals surface area (Å²) in [6.07, 6.45) is 1.63. The van der Waals surface area contributed by atoms with Crippen molar-refractivity contribution in [1.82, 2.24) is 0 Å². The van der Waals surface area contributed by atoms with Crippen LogP contribution in [0.5, 0.6) is 5.75 Å². The van der Waals surface area contributed by atoms with Crippen molar-refractivity contribution in [1.29, 1.82) is 0 Å². The van der Waals surface area contributed by atoms with Crippen LogP contribution >= 0.6 is 0 Å². The van der Waals surface area contributed by atoms with Crippen LogP contribution in [-0.4, -0.2) is 20.9 Å². The van der Waals surface area contributed by atoms with Gasteiger partial charge in [-0.25, -0.2) is 8.42 Å². The maximum Gasteiger partial charge on any atom is 0.261 e. The number of amides is 1. The van der Waals surface area contributed by atoms with Gasteiger partial charge in [0.1, 0.15) is 12.4 Å². The second-order valence-corrected chi connectivity index (χ2v) is 7.76. The SMILES string of the molecule is C=CCOc1cccc(NC(=O)c2ccc(S(=O)(=O)Nc3ccccc3)cc2)c1. The zero-order valence-electron chi connectivity index (χ0n) is 15.5. The van der Waals surface area contributed by atoms with E-state index in [9.17, 15) is 13.2 Å². The molecule has 3 aromatic rings. The predicted molar refractivity (Wildman–Crippen MR) is 114 cm³/mol. The van der Waals surface area contributed by atoms with Crippen molar-refractivity contribution in [2.75, 3.05) is 16.6 Å². The van der Waals surface area contributed by atoms with Crippen LogP contribution in [0.15, 0.2) is 96.4 Å². The van der Waals surface area contributed by atoms with Crippen molar-refractivity contribution < 1.29 is 17.9 Å². The fourth-order valence-electron chi connectivity index (χ4n) is 2.53. The van der Waals surface area contributed by atoms with Gasteiger partial charge in [0.2, 0.25) is 0 Å². The van der Waals surface area contributed by atoms with Crippen LogP contribution in [0.25, 0.3) is 0 Å². The second-order valence-electron chi connectivity index (χ2n) is 6.08. The first-order chi connectivity index (χ1) is 14.0. The molecule has 0 saturated carbocycles. The molecule has 1 amide bonds. The van der Waals surface area contributed by atoms with Gasteiger partial charge in [-0.1, -0.05) is 36.9 Å². The van der Waals surface area contributed by atoms with Crippen LogP contribution in [0.1, 0.15) is 10.4 Å². The van der Waals surface area contributed by atoms with E-state index in [-0.39, 0.29) is 10.8 Å². The number of anilines is 2. The predicted octanol–water partition coefficient (Wildman–Crippen LogP) is 4.30. The van der Waals surface area contributed by atoms with E-state index in [1.165, 1.54) is 24.3 Å². The lowest BCUT2D eigenvalue weighted by atomic mass is 10.2. The number of hydrogen-bond acceptors (Lipinski definition) is 4. The summed E-state index contributed by atoms with van der Waals surface area (Å²) >= 11 is 0. The van der Waals surface area contributed by atoms with Gasteiger partial charge >= 0.3 is 0 Å². The summed E-state index contributed by atoms with van der Waals surface area (Å²) in [5.41, 5.74) is 1.37. The van der Waals surface area contributed by atoms with Crippen molar-refractivity contribution in [2.45, 2.75) is 4.90 Å². The lowest BCUT2D eigenvalue weighted by molar-refractivity contribution is 0.102. The van der Waals surface area contributed by atoms with E-state index in [1.807, 2.05) is 0 Å². The van der Waals surface area contributed by atoms with Crippen molar-refractivity contribution in [3.05, 3.63) is 97.1 Å². The van der Waals surface area contributed by atoms with Gasteiger partial charge in [-0.3, -0.25) is 9.52 Å². The van der Waals surface area contributed by atoms with Gasteiger partial charge in [0.05, 0.1) is 4.90 Å². The average molecular weight is 408 g/mol. The number of carbonyl (C=O) groups excluding carboxylic acids is 1. The summed E-state index contributed by atoms with van der Waals surface area (Å²) in [4.78, 5) is 12.5. The average Bonchev–Trinajstić information content (AvgIpc) is 2.73. The largest absolute Gasteiger partial charge is 0.489 e. The summed E-state index contributed by atoms with van der Waals surface area (Å²) in [5, 5.41) is 2.76. The fraction of sp³-hybridized carbons (Fsp3) is 0.0455. The normalized spacial score (nSPS) is 10.8. The molecule has 0 aliphatic heterocycles. The molecule has 29 heavy (non-hydrogen) atoms. The van der Waals surface area contributed by atoms with Crippen LogP contribution in [0, 0.1) is 0 Å². The Labute approximate surface area is 169 Å². The van der Waals surface area contributed by atoms with Crippen LogP contribution in [0.4, 0.5) is 11.4 Å². The summed E-state index contributed by atoms with van der Waals surface area (Å²) in [7, 11) is -3.74. The van der Waals surface area contributed by atoms with Crippen molar-refractivity contribution in [2.24, 2.45) is 0 Å². The van der Waals surface area contributed by atoms with Gasteiger partial charge in [0.15, 0.2) is 0 Å². The van der Waals surface area contributed by atoms with E-state index in [1.54, 1.807) is 60.7 Å². The number of carbonyl (C=O) groups is 1. The lowest BCUT2D eigenvalue weighted by Gasteiger charge is -2.10. The highest BCUT2D eigenvalue weighted by molar-refractivity contribution is 7.92. The van der Waals surface area contributed by atoms with Crippen molar-refractivity contribution in [3.8, 4) is 5.75 Å². The Morgan fingerprint density at radius 1 is 0.931 bits per heavy atom. The maximum absolute atomic E-state index is 12.5. The van der Waals surface area contributed by atoms with E-state index in [0.29, 0.717) is 29.3 Å². The maximum atomic E-state index is 12.5. The molecule has 0 aliphatic rings. The first kappa shape index (κ1) is 20.2. The summed E-state index contributed by atoms with van der Waals surface area (Å²) in [6.45, 7) is 3.96. The first-order valence-electron chi connectivity index (χ1n) is 8.81.